The van der Waals surface area contributed by atoms with Gasteiger partial charge in [0.2, 0.25) is 6.79 Å². The summed E-state index contributed by atoms with van der Waals surface area (Å²) in [5.41, 5.74) is 2.76. The highest BCUT2D eigenvalue weighted by Crippen LogP contribution is 2.40. The van der Waals surface area contributed by atoms with E-state index in [-0.39, 0.29) is 12.7 Å². The molecule has 2 heterocycles. The second-order valence-corrected chi connectivity index (χ2v) is 7.53. The molecule has 0 N–H and O–H groups in total. The minimum atomic E-state index is -0.125. The summed E-state index contributed by atoms with van der Waals surface area (Å²) < 4.78 is 11.2. The number of hydrogen-bond acceptors (Lipinski definition) is 5. The van der Waals surface area contributed by atoms with Crippen LogP contribution in [0.4, 0.5) is 5.69 Å². The molecule has 4 rings (SSSR count). The fourth-order valence-corrected chi connectivity index (χ4v) is 4.12. The predicted octanol–water partition coefficient (Wildman–Crippen LogP) is 4.77. The SMILES string of the molecule is CC(=C/c1ccccc1)/C=C1\SC(=S)N(c2ccc3c(c2)OCO3)C1=O. The molecule has 1 amide bonds. The smallest absolute Gasteiger partial charge is 0.270 e. The van der Waals surface area contributed by atoms with Crippen LogP contribution in [0.5, 0.6) is 11.5 Å². The van der Waals surface area contributed by atoms with Crippen LogP contribution >= 0.6 is 24.0 Å². The Bertz CT molecular complexity index is 951. The Morgan fingerprint density at radius 1 is 1.15 bits per heavy atom. The molecule has 1 saturated heterocycles. The molecule has 0 spiro atoms. The standard InChI is InChI=1S/C20H15NO3S2/c1-13(9-14-5-3-2-4-6-14)10-18-19(22)21(20(25)26-18)15-7-8-16-17(11-15)24-12-23-16/h2-11H,12H2,1H3/b13-9-,18-10-. The van der Waals surface area contributed by atoms with Crippen molar-refractivity contribution in [2.45, 2.75) is 6.92 Å². The maximum absolute atomic E-state index is 12.9. The number of allylic oxidation sites excluding steroid dienone is 2. The van der Waals surface area contributed by atoms with E-state index in [1.165, 1.54) is 16.7 Å². The summed E-state index contributed by atoms with van der Waals surface area (Å²) in [4.78, 5) is 15.0. The molecule has 0 aliphatic carbocycles. The largest absolute Gasteiger partial charge is 0.454 e. The summed E-state index contributed by atoms with van der Waals surface area (Å²) in [6.07, 6.45) is 3.91. The normalized spacial score (nSPS) is 18.1. The Morgan fingerprint density at radius 3 is 2.73 bits per heavy atom. The van der Waals surface area contributed by atoms with E-state index in [2.05, 4.69) is 0 Å². The Morgan fingerprint density at radius 2 is 1.92 bits per heavy atom. The van der Waals surface area contributed by atoms with E-state index < -0.39 is 0 Å². The number of nitrogens with zero attached hydrogens (tertiary/aromatic N) is 1. The number of hydrogen-bond donors (Lipinski definition) is 0. The first-order valence-corrected chi connectivity index (χ1v) is 9.25. The lowest BCUT2D eigenvalue weighted by Gasteiger charge is -2.14. The second-order valence-electron chi connectivity index (χ2n) is 5.85. The van der Waals surface area contributed by atoms with Crippen molar-refractivity contribution in [2.24, 2.45) is 0 Å². The van der Waals surface area contributed by atoms with Gasteiger partial charge in [0.05, 0.1) is 10.6 Å². The number of thioether (sulfide) groups is 1. The van der Waals surface area contributed by atoms with Gasteiger partial charge in [-0.05, 0) is 36.3 Å². The topological polar surface area (TPSA) is 38.8 Å². The minimum Gasteiger partial charge on any atom is -0.454 e. The van der Waals surface area contributed by atoms with Crippen molar-refractivity contribution >= 4 is 46.0 Å². The van der Waals surface area contributed by atoms with Gasteiger partial charge >= 0.3 is 0 Å². The number of rotatable bonds is 3. The first-order chi connectivity index (χ1) is 12.6. The number of amides is 1. The minimum absolute atomic E-state index is 0.125. The van der Waals surface area contributed by atoms with Gasteiger partial charge in [-0.15, -0.1) is 0 Å². The van der Waals surface area contributed by atoms with Gasteiger partial charge in [0.15, 0.2) is 15.8 Å². The average molecular weight is 381 g/mol. The molecule has 4 nitrogen and oxygen atoms in total. The number of ether oxygens (including phenoxy) is 2. The second kappa shape index (κ2) is 6.97. The number of anilines is 1. The van der Waals surface area contributed by atoms with E-state index in [0.29, 0.717) is 26.4 Å². The molecular formula is C20H15NO3S2. The predicted molar refractivity (Wildman–Crippen MR) is 108 cm³/mol. The summed E-state index contributed by atoms with van der Waals surface area (Å²) in [7, 11) is 0. The van der Waals surface area contributed by atoms with Gasteiger partial charge in [-0.3, -0.25) is 9.69 Å². The summed E-state index contributed by atoms with van der Waals surface area (Å²) >= 11 is 6.73. The summed E-state index contributed by atoms with van der Waals surface area (Å²) in [6.45, 7) is 2.17. The van der Waals surface area contributed by atoms with Gasteiger partial charge in [0.25, 0.3) is 5.91 Å². The van der Waals surface area contributed by atoms with Crippen molar-refractivity contribution in [1.29, 1.82) is 0 Å². The number of fused-ring (bicyclic) bond motifs is 1. The molecule has 0 bridgehead atoms. The van der Waals surface area contributed by atoms with E-state index in [1.54, 1.807) is 12.1 Å². The van der Waals surface area contributed by atoms with Crippen LogP contribution in [-0.2, 0) is 4.79 Å². The molecule has 26 heavy (non-hydrogen) atoms. The molecule has 130 valence electrons. The van der Waals surface area contributed by atoms with E-state index in [0.717, 1.165) is 11.1 Å². The number of benzene rings is 2. The monoisotopic (exact) mass is 381 g/mol. The summed E-state index contributed by atoms with van der Waals surface area (Å²) in [5.74, 6) is 1.18. The van der Waals surface area contributed by atoms with Gasteiger partial charge in [-0.2, -0.15) is 0 Å². The Kier molecular flexibility index (Phi) is 4.53. The lowest BCUT2D eigenvalue weighted by Crippen LogP contribution is -2.27. The highest BCUT2D eigenvalue weighted by atomic mass is 32.2. The molecule has 0 aromatic heterocycles. The number of carbonyl (C=O) groups is 1. The quantitative estimate of drug-likeness (QED) is 0.566. The van der Waals surface area contributed by atoms with Gasteiger partial charge in [0, 0.05) is 6.07 Å². The van der Waals surface area contributed by atoms with E-state index in [1.807, 2.05) is 55.5 Å². The lowest BCUT2D eigenvalue weighted by atomic mass is 10.1. The lowest BCUT2D eigenvalue weighted by molar-refractivity contribution is -0.113. The van der Waals surface area contributed by atoms with E-state index in [4.69, 9.17) is 21.7 Å². The molecule has 0 saturated carbocycles. The summed E-state index contributed by atoms with van der Waals surface area (Å²) in [5, 5.41) is 0. The molecule has 0 unspecified atom stereocenters. The van der Waals surface area contributed by atoms with Crippen molar-refractivity contribution in [2.75, 3.05) is 11.7 Å². The van der Waals surface area contributed by atoms with Gasteiger partial charge < -0.3 is 9.47 Å². The van der Waals surface area contributed by atoms with Crippen molar-refractivity contribution < 1.29 is 14.3 Å². The highest BCUT2D eigenvalue weighted by molar-refractivity contribution is 8.27. The fraction of sp³-hybridized carbons (Fsp3) is 0.100. The first-order valence-electron chi connectivity index (χ1n) is 8.03. The van der Waals surface area contributed by atoms with Crippen LogP contribution in [0.1, 0.15) is 12.5 Å². The highest BCUT2D eigenvalue weighted by Gasteiger charge is 2.34. The van der Waals surface area contributed by atoms with Crippen molar-refractivity contribution in [3.05, 3.63) is 70.6 Å². The zero-order valence-corrected chi connectivity index (χ0v) is 15.6. The average Bonchev–Trinajstić information content (AvgIpc) is 3.19. The Hall–Kier alpha value is -2.57. The third-order valence-electron chi connectivity index (χ3n) is 3.96. The fourth-order valence-electron chi connectivity index (χ4n) is 2.78. The molecule has 2 aromatic carbocycles. The van der Waals surface area contributed by atoms with Crippen molar-refractivity contribution in [3.63, 3.8) is 0 Å². The van der Waals surface area contributed by atoms with Crippen molar-refractivity contribution in [3.8, 4) is 11.5 Å². The van der Waals surface area contributed by atoms with Gasteiger partial charge in [-0.25, -0.2) is 0 Å². The number of carbonyl (C=O) groups excluding carboxylic acids is 1. The Labute approximate surface area is 161 Å². The maximum atomic E-state index is 12.9. The third-order valence-corrected chi connectivity index (χ3v) is 5.26. The van der Waals surface area contributed by atoms with Crippen LogP contribution in [0.25, 0.3) is 6.08 Å². The molecule has 0 radical (unpaired) electrons. The van der Waals surface area contributed by atoms with Crippen molar-refractivity contribution in [1.82, 2.24) is 0 Å². The maximum Gasteiger partial charge on any atom is 0.270 e. The third kappa shape index (κ3) is 3.25. The zero-order valence-electron chi connectivity index (χ0n) is 14.0. The van der Waals surface area contributed by atoms with Crippen LogP contribution in [0.3, 0.4) is 0 Å². The molecular weight excluding hydrogens is 366 g/mol. The number of thiocarbonyl (C=S) groups is 1. The van der Waals surface area contributed by atoms with E-state index >= 15 is 0 Å². The molecule has 2 aliphatic heterocycles. The van der Waals surface area contributed by atoms with Crippen LogP contribution in [0.15, 0.2) is 65.1 Å². The molecule has 0 atom stereocenters. The van der Waals surface area contributed by atoms with Crippen LogP contribution in [0, 0.1) is 0 Å². The summed E-state index contributed by atoms with van der Waals surface area (Å²) in [6, 6.07) is 15.4. The van der Waals surface area contributed by atoms with Crippen LogP contribution < -0.4 is 14.4 Å². The Balaban J connectivity index is 1.60. The van der Waals surface area contributed by atoms with Gasteiger partial charge in [-0.1, -0.05) is 60.4 Å². The molecule has 6 heteroatoms. The molecule has 1 fully saturated rings. The zero-order chi connectivity index (χ0) is 18.1. The van der Waals surface area contributed by atoms with Crippen LogP contribution in [0.2, 0.25) is 0 Å². The van der Waals surface area contributed by atoms with Crippen LogP contribution in [-0.4, -0.2) is 17.0 Å². The van der Waals surface area contributed by atoms with E-state index in [9.17, 15) is 4.79 Å². The first kappa shape index (κ1) is 16.9. The molecule has 2 aliphatic rings. The van der Waals surface area contributed by atoms with Gasteiger partial charge in [0.1, 0.15) is 0 Å². The molecule has 2 aromatic rings.